The van der Waals surface area contributed by atoms with E-state index in [2.05, 4.69) is 24.0 Å². The number of aromatic nitrogens is 2. The van der Waals surface area contributed by atoms with Crippen molar-refractivity contribution in [3.63, 3.8) is 0 Å². The third kappa shape index (κ3) is 3.52. The van der Waals surface area contributed by atoms with Crippen LogP contribution >= 0.6 is 0 Å². The Morgan fingerprint density at radius 2 is 1.77 bits per heavy atom. The van der Waals surface area contributed by atoms with Crippen LogP contribution in [0, 0.1) is 6.92 Å². The van der Waals surface area contributed by atoms with E-state index in [1.54, 1.807) is 8.61 Å². The molecule has 0 spiro atoms. The number of imidazole rings is 1. The molecule has 1 atom stereocenters. The molecule has 0 aliphatic carbocycles. The minimum Gasteiger partial charge on any atom is -0.342 e. The first-order chi connectivity index (χ1) is 12.5. The fourth-order valence-electron chi connectivity index (χ4n) is 4.15. The monoisotopic (exact) mass is 376 g/mol. The molecule has 4 rings (SSSR count). The van der Waals surface area contributed by atoms with Crippen LogP contribution in [0.4, 0.5) is 0 Å². The lowest BCUT2D eigenvalue weighted by molar-refractivity contribution is 0.280. The average molecular weight is 377 g/mol. The fourth-order valence-corrected chi connectivity index (χ4v) is 5.92. The molecule has 2 saturated heterocycles. The van der Waals surface area contributed by atoms with E-state index >= 15 is 0 Å². The van der Waals surface area contributed by atoms with Crippen molar-refractivity contribution in [1.29, 1.82) is 0 Å². The first kappa shape index (κ1) is 17.9. The number of rotatable bonds is 3. The summed E-state index contributed by atoms with van der Waals surface area (Å²) in [6.45, 7) is 4.53. The molecule has 0 saturated carbocycles. The predicted octanol–water partition coefficient (Wildman–Crippen LogP) is 3.17. The average Bonchev–Trinajstić information content (AvgIpc) is 2.86. The lowest BCUT2D eigenvalue weighted by Gasteiger charge is -2.34. The summed E-state index contributed by atoms with van der Waals surface area (Å²) in [5, 5.41) is 0. The van der Waals surface area contributed by atoms with Gasteiger partial charge >= 0.3 is 0 Å². The lowest BCUT2D eigenvalue weighted by Crippen LogP contribution is -2.48. The second-order valence-corrected chi connectivity index (χ2v) is 9.59. The standard InChI is InChI=1S/C19H28N4O2S/c1-15-8-9-17-18(13-15)21-19(20-17)16-7-6-12-23(14-16)26(24,25)22-10-4-2-3-5-11-22/h8-9,13,16H,2-7,10-12,14H2,1H3,(H,20,21)/t16-/m1/s1. The Morgan fingerprint density at radius 1 is 1.04 bits per heavy atom. The van der Waals surface area contributed by atoms with Gasteiger partial charge in [-0.3, -0.25) is 0 Å². The number of H-pyrrole nitrogens is 1. The maximum atomic E-state index is 13.1. The van der Waals surface area contributed by atoms with Gasteiger partial charge in [-0.2, -0.15) is 17.0 Å². The van der Waals surface area contributed by atoms with Gasteiger partial charge in [0.2, 0.25) is 0 Å². The Kier molecular flexibility index (Phi) is 5.03. The van der Waals surface area contributed by atoms with E-state index in [0.29, 0.717) is 26.2 Å². The third-order valence-electron chi connectivity index (χ3n) is 5.64. The van der Waals surface area contributed by atoms with Crippen molar-refractivity contribution in [3.8, 4) is 0 Å². The molecule has 1 aromatic carbocycles. The van der Waals surface area contributed by atoms with E-state index in [0.717, 1.165) is 55.4 Å². The van der Waals surface area contributed by atoms with Gasteiger partial charge in [-0.25, -0.2) is 4.98 Å². The Bertz CT molecular complexity index is 869. The molecule has 3 heterocycles. The number of piperidine rings is 1. The number of fused-ring (bicyclic) bond motifs is 1. The van der Waals surface area contributed by atoms with E-state index in [1.807, 2.05) is 6.07 Å². The molecular weight excluding hydrogens is 348 g/mol. The summed E-state index contributed by atoms with van der Waals surface area (Å²) < 4.78 is 29.6. The van der Waals surface area contributed by atoms with Crippen molar-refractivity contribution in [3.05, 3.63) is 29.6 Å². The first-order valence-corrected chi connectivity index (χ1v) is 11.2. The van der Waals surface area contributed by atoms with E-state index in [4.69, 9.17) is 4.98 Å². The molecular formula is C19H28N4O2S. The molecule has 0 bridgehead atoms. The minimum atomic E-state index is -3.36. The van der Waals surface area contributed by atoms with E-state index in [9.17, 15) is 8.42 Å². The zero-order chi connectivity index (χ0) is 18.1. The van der Waals surface area contributed by atoms with Crippen molar-refractivity contribution in [1.82, 2.24) is 18.6 Å². The van der Waals surface area contributed by atoms with Gasteiger partial charge in [0.1, 0.15) is 5.82 Å². The fraction of sp³-hybridized carbons (Fsp3) is 0.632. The Labute approximate surface area is 155 Å². The van der Waals surface area contributed by atoms with Crippen molar-refractivity contribution in [2.75, 3.05) is 26.2 Å². The second kappa shape index (κ2) is 7.29. The zero-order valence-corrected chi connectivity index (χ0v) is 16.3. The van der Waals surface area contributed by atoms with Crippen LogP contribution in [0.15, 0.2) is 18.2 Å². The van der Waals surface area contributed by atoms with Crippen molar-refractivity contribution in [2.45, 2.75) is 51.4 Å². The van der Waals surface area contributed by atoms with Gasteiger partial charge in [-0.15, -0.1) is 0 Å². The van der Waals surface area contributed by atoms with Crippen LogP contribution in [-0.2, 0) is 10.2 Å². The summed E-state index contributed by atoms with van der Waals surface area (Å²) in [4.78, 5) is 8.15. The number of benzene rings is 1. The van der Waals surface area contributed by atoms with Gasteiger partial charge < -0.3 is 4.98 Å². The molecule has 1 aromatic heterocycles. The quantitative estimate of drug-likeness (QED) is 0.894. The summed E-state index contributed by atoms with van der Waals surface area (Å²) in [7, 11) is -3.36. The van der Waals surface area contributed by atoms with Crippen LogP contribution < -0.4 is 0 Å². The Hall–Kier alpha value is -1.44. The molecule has 142 valence electrons. The van der Waals surface area contributed by atoms with Crippen LogP contribution in [0.3, 0.4) is 0 Å². The minimum absolute atomic E-state index is 0.137. The smallest absolute Gasteiger partial charge is 0.281 e. The molecule has 26 heavy (non-hydrogen) atoms. The van der Waals surface area contributed by atoms with E-state index in [1.165, 1.54) is 5.56 Å². The van der Waals surface area contributed by atoms with Crippen LogP contribution in [0.1, 0.15) is 55.8 Å². The van der Waals surface area contributed by atoms with Gasteiger partial charge in [0.05, 0.1) is 11.0 Å². The highest BCUT2D eigenvalue weighted by atomic mass is 32.2. The summed E-state index contributed by atoms with van der Waals surface area (Å²) in [6.07, 6.45) is 6.07. The molecule has 2 aliphatic rings. The van der Waals surface area contributed by atoms with Crippen molar-refractivity contribution < 1.29 is 8.42 Å². The van der Waals surface area contributed by atoms with Gasteiger partial charge in [-0.05, 0) is 50.3 Å². The molecule has 2 aromatic rings. The van der Waals surface area contributed by atoms with Gasteiger partial charge in [0.15, 0.2) is 0 Å². The van der Waals surface area contributed by atoms with Crippen LogP contribution in [-0.4, -0.2) is 53.2 Å². The summed E-state index contributed by atoms with van der Waals surface area (Å²) in [5.41, 5.74) is 3.19. The predicted molar refractivity (Wildman–Crippen MR) is 103 cm³/mol. The van der Waals surface area contributed by atoms with Crippen molar-refractivity contribution in [2.24, 2.45) is 0 Å². The molecule has 1 N–H and O–H groups in total. The normalized spacial score (nSPS) is 24.0. The largest absolute Gasteiger partial charge is 0.342 e. The summed E-state index contributed by atoms with van der Waals surface area (Å²) in [5.74, 6) is 1.06. The summed E-state index contributed by atoms with van der Waals surface area (Å²) >= 11 is 0. The zero-order valence-electron chi connectivity index (χ0n) is 15.4. The molecule has 0 radical (unpaired) electrons. The van der Waals surface area contributed by atoms with Crippen LogP contribution in [0.5, 0.6) is 0 Å². The maximum Gasteiger partial charge on any atom is 0.281 e. The molecule has 0 unspecified atom stereocenters. The molecule has 6 nitrogen and oxygen atoms in total. The van der Waals surface area contributed by atoms with Crippen LogP contribution in [0.25, 0.3) is 11.0 Å². The highest BCUT2D eigenvalue weighted by Crippen LogP contribution is 2.29. The number of aromatic amines is 1. The van der Waals surface area contributed by atoms with E-state index < -0.39 is 10.2 Å². The van der Waals surface area contributed by atoms with Gasteiger partial charge in [0.25, 0.3) is 10.2 Å². The topological polar surface area (TPSA) is 69.3 Å². The molecule has 2 fully saturated rings. The summed E-state index contributed by atoms with van der Waals surface area (Å²) in [6, 6.07) is 6.18. The number of hydrogen-bond acceptors (Lipinski definition) is 3. The van der Waals surface area contributed by atoms with Gasteiger partial charge in [0, 0.05) is 32.1 Å². The van der Waals surface area contributed by atoms with Crippen LogP contribution in [0.2, 0.25) is 0 Å². The highest BCUT2D eigenvalue weighted by Gasteiger charge is 2.35. The maximum absolute atomic E-state index is 13.1. The molecule has 0 amide bonds. The second-order valence-electron chi connectivity index (χ2n) is 7.66. The lowest BCUT2D eigenvalue weighted by atomic mass is 9.99. The van der Waals surface area contributed by atoms with Gasteiger partial charge in [-0.1, -0.05) is 18.9 Å². The van der Waals surface area contributed by atoms with E-state index in [-0.39, 0.29) is 5.92 Å². The first-order valence-electron chi connectivity index (χ1n) is 9.75. The number of nitrogens with zero attached hydrogens (tertiary/aromatic N) is 3. The highest BCUT2D eigenvalue weighted by molar-refractivity contribution is 7.86. The Morgan fingerprint density at radius 3 is 2.54 bits per heavy atom. The number of nitrogens with one attached hydrogen (secondary N) is 1. The number of hydrogen-bond donors (Lipinski definition) is 1. The van der Waals surface area contributed by atoms with Crippen molar-refractivity contribution >= 4 is 21.2 Å². The Balaban J connectivity index is 1.54. The SMILES string of the molecule is Cc1ccc2nc([C@@H]3CCCN(S(=O)(=O)N4CCCCCC4)C3)[nH]c2c1. The molecule has 2 aliphatic heterocycles. The molecule has 7 heteroatoms. The number of aryl methyl sites for hydroxylation is 1. The third-order valence-corrected chi connectivity index (χ3v) is 7.65.